The number of benzene rings is 1. The molecule has 0 spiro atoms. The van der Waals surface area contributed by atoms with E-state index in [4.69, 9.17) is 0 Å². The average molecular weight is 383 g/mol. The van der Waals surface area contributed by atoms with Crippen molar-refractivity contribution in [2.75, 3.05) is 7.11 Å². The van der Waals surface area contributed by atoms with Crippen LogP contribution in [0.2, 0.25) is 0 Å². The van der Waals surface area contributed by atoms with Crippen molar-refractivity contribution in [2.45, 2.75) is 13.3 Å². The fourth-order valence-electron chi connectivity index (χ4n) is 1.94. The van der Waals surface area contributed by atoms with Gasteiger partial charge >= 0.3 is 5.97 Å². The molecule has 0 aliphatic carbocycles. The maximum atomic E-state index is 11.6. The van der Waals surface area contributed by atoms with Crippen molar-refractivity contribution < 1.29 is 14.6 Å². The molecule has 4 nitrogen and oxygen atoms in total. The van der Waals surface area contributed by atoms with Gasteiger partial charge in [-0.15, -0.1) is 0 Å². The number of aromatic hydroxyl groups is 1. The molecule has 0 saturated heterocycles. The van der Waals surface area contributed by atoms with Gasteiger partial charge < -0.3 is 9.84 Å². The Bertz CT molecular complexity index is 656. The smallest absolute Gasteiger partial charge is 0.341 e. The van der Waals surface area contributed by atoms with Crippen LogP contribution in [0, 0.1) is 10.5 Å². The number of hydrogen-bond acceptors (Lipinski definition) is 4. The van der Waals surface area contributed by atoms with E-state index in [9.17, 15) is 9.90 Å². The number of esters is 1. The maximum Gasteiger partial charge on any atom is 0.341 e. The van der Waals surface area contributed by atoms with Crippen LogP contribution in [0.3, 0.4) is 0 Å². The predicted molar refractivity (Wildman–Crippen MR) is 83.9 cm³/mol. The second kappa shape index (κ2) is 6.21. The highest BCUT2D eigenvalue weighted by molar-refractivity contribution is 14.1. The van der Waals surface area contributed by atoms with Gasteiger partial charge in [0.15, 0.2) is 5.75 Å². The molecule has 1 aromatic carbocycles. The van der Waals surface area contributed by atoms with E-state index in [-0.39, 0.29) is 11.3 Å². The Morgan fingerprint density at radius 2 is 2.10 bits per heavy atom. The summed E-state index contributed by atoms with van der Waals surface area (Å²) in [6, 6.07) is 9.38. The molecule has 0 unspecified atom stereocenters. The second-order valence-corrected chi connectivity index (χ2v) is 5.53. The second-order valence-electron chi connectivity index (χ2n) is 4.37. The van der Waals surface area contributed by atoms with E-state index in [0.717, 1.165) is 9.13 Å². The van der Waals surface area contributed by atoms with Gasteiger partial charge in [0.1, 0.15) is 5.56 Å². The number of aryl methyl sites for hydroxylation is 1. The lowest BCUT2D eigenvalue weighted by atomic mass is 10.1. The Kier molecular flexibility index (Phi) is 4.59. The third-order valence-corrected chi connectivity index (χ3v) is 3.97. The van der Waals surface area contributed by atoms with Crippen LogP contribution in [0.15, 0.2) is 30.3 Å². The van der Waals surface area contributed by atoms with E-state index < -0.39 is 5.97 Å². The molecular weight excluding hydrogens is 369 g/mol. The van der Waals surface area contributed by atoms with Crippen LogP contribution in [-0.4, -0.2) is 23.2 Å². The molecule has 1 heterocycles. The van der Waals surface area contributed by atoms with E-state index in [0.29, 0.717) is 17.8 Å². The monoisotopic (exact) mass is 383 g/mol. The van der Waals surface area contributed by atoms with E-state index in [1.165, 1.54) is 13.2 Å². The molecule has 0 radical (unpaired) electrons. The lowest BCUT2D eigenvalue weighted by molar-refractivity contribution is 0.0597. The third-order valence-electron chi connectivity index (χ3n) is 2.91. The van der Waals surface area contributed by atoms with Crippen molar-refractivity contribution in [1.82, 2.24) is 4.98 Å². The lowest BCUT2D eigenvalue weighted by Gasteiger charge is -2.10. The molecule has 0 aliphatic rings. The van der Waals surface area contributed by atoms with Crippen molar-refractivity contribution in [3.63, 3.8) is 0 Å². The van der Waals surface area contributed by atoms with Gasteiger partial charge in [-0.3, -0.25) is 4.98 Å². The van der Waals surface area contributed by atoms with E-state index in [1.54, 1.807) is 6.92 Å². The molecule has 20 heavy (non-hydrogen) atoms. The Hall–Kier alpha value is -1.63. The van der Waals surface area contributed by atoms with Crippen molar-refractivity contribution in [1.29, 1.82) is 0 Å². The molecule has 104 valence electrons. The van der Waals surface area contributed by atoms with Gasteiger partial charge in [0, 0.05) is 15.7 Å². The Labute approximate surface area is 130 Å². The fraction of sp³-hybridized carbons (Fsp3) is 0.200. The summed E-state index contributed by atoms with van der Waals surface area (Å²) in [6.45, 7) is 1.78. The zero-order valence-corrected chi connectivity index (χ0v) is 13.3. The van der Waals surface area contributed by atoms with Crippen LogP contribution in [0.25, 0.3) is 0 Å². The number of aromatic nitrogens is 1. The number of carbonyl (C=O) groups is 1. The van der Waals surface area contributed by atoms with Gasteiger partial charge in [-0.2, -0.15) is 0 Å². The molecule has 0 aliphatic heterocycles. The summed E-state index contributed by atoms with van der Waals surface area (Å²) in [4.78, 5) is 16.0. The van der Waals surface area contributed by atoms with E-state index in [1.807, 2.05) is 24.3 Å². The minimum atomic E-state index is -0.558. The molecule has 0 saturated carbocycles. The zero-order chi connectivity index (χ0) is 14.7. The van der Waals surface area contributed by atoms with Gasteiger partial charge in [0.2, 0.25) is 0 Å². The summed E-state index contributed by atoms with van der Waals surface area (Å²) in [7, 11) is 1.29. The molecule has 0 bridgehead atoms. The zero-order valence-electron chi connectivity index (χ0n) is 11.2. The van der Waals surface area contributed by atoms with E-state index >= 15 is 0 Å². The van der Waals surface area contributed by atoms with Gasteiger partial charge in [-0.1, -0.05) is 18.2 Å². The standard InChI is InChI=1S/C15H14INO3/c1-9-7-11(15(19)20-2)14(18)13(17-9)8-10-5-3-4-6-12(10)16/h3-7,18H,8H2,1-2H3. The highest BCUT2D eigenvalue weighted by Gasteiger charge is 2.17. The van der Waals surface area contributed by atoms with Crippen molar-refractivity contribution in [3.05, 3.63) is 56.4 Å². The van der Waals surface area contributed by atoms with E-state index in [2.05, 4.69) is 32.3 Å². The molecule has 5 heteroatoms. The summed E-state index contributed by atoms with van der Waals surface area (Å²) in [5, 5.41) is 10.2. The summed E-state index contributed by atoms with van der Waals surface area (Å²) in [5.41, 5.74) is 2.36. The molecule has 1 N–H and O–H groups in total. The predicted octanol–water partition coefficient (Wildman–Crippen LogP) is 3.08. The van der Waals surface area contributed by atoms with Crippen LogP contribution < -0.4 is 0 Å². The first-order chi connectivity index (χ1) is 9.52. The molecule has 0 atom stereocenters. The molecule has 2 aromatic rings. The molecule has 2 rings (SSSR count). The highest BCUT2D eigenvalue weighted by Crippen LogP contribution is 2.26. The maximum absolute atomic E-state index is 11.6. The number of nitrogens with zero attached hydrogens (tertiary/aromatic N) is 1. The Morgan fingerprint density at radius 3 is 2.75 bits per heavy atom. The fourth-order valence-corrected chi connectivity index (χ4v) is 2.52. The van der Waals surface area contributed by atoms with Crippen molar-refractivity contribution in [3.8, 4) is 5.75 Å². The number of hydrogen-bond donors (Lipinski definition) is 1. The topological polar surface area (TPSA) is 59.4 Å². The summed E-state index contributed by atoms with van der Waals surface area (Å²) in [5.74, 6) is -0.667. The summed E-state index contributed by atoms with van der Waals surface area (Å²) in [6.07, 6.45) is 0.469. The summed E-state index contributed by atoms with van der Waals surface area (Å²) >= 11 is 2.24. The van der Waals surface area contributed by atoms with Crippen LogP contribution in [0.4, 0.5) is 0 Å². The first-order valence-corrected chi connectivity index (χ1v) is 7.12. The quantitative estimate of drug-likeness (QED) is 0.654. The highest BCUT2D eigenvalue weighted by atomic mass is 127. The van der Waals surface area contributed by atoms with Crippen LogP contribution in [-0.2, 0) is 11.2 Å². The number of rotatable bonds is 3. The molecular formula is C15H14INO3. The largest absolute Gasteiger partial charge is 0.505 e. The third kappa shape index (κ3) is 3.09. The van der Waals surface area contributed by atoms with Crippen LogP contribution >= 0.6 is 22.6 Å². The van der Waals surface area contributed by atoms with Crippen LogP contribution in [0.1, 0.15) is 27.3 Å². The number of carbonyl (C=O) groups excluding carboxylic acids is 1. The first kappa shape index (κ1) is 14.8. The number of halogens is 1. The Morgan fingerprint density at radius 1 is 1.40 bits per heavy atom. The average Bonchev–Trinajstić information content (AvgIpc) is 2.44. The van der Waals surface area contributed by atoms with Crippen molar-refractivity contribution in [2.24, 2.45) is 0 Å². The van der Waals surface area contributed by atoms with Gasteiger partial charge in [0.25, 0.3) is 0 Å². The molecule has 0 amide bonds. The lowest BCUT2D eigenvalue weighted by Crippen LogP contribution is -2.06. The van der Waals surface area contributed by atoms with Gasteiger partial charge in [-0.25, -0.2) is 4.79 Å². The minimum Gasteiger partial charge on any atom is -0.505 e. The Balaban J connectivity index is 2.45. The normalized spacial score (nSPS) is 10.3. The first-order valence-electron chi connectivity index (χ1n) is 6.04. The van der Waals surface area contributed by atoms with Gasteiger partial charge in [-0.05, 0) is 47.2 Å². The van der Waals surface area contributed by atoms with Crippen molar-refractivity contribution >= 4 is 28.6 Å². The summed E-state index contributed by atoms with van der Waals surface area (Å²) < 4.78 is 5.76. The number of ether oxygens (including phenoxy) is 1. The van der Waals surface area contributed by atoms with Gasteiger partial charge in [0.05, 0.1) is 12.8 Å². The SMILES string of the molecule is COC(=O)c1cc(C)nc(Cc2ccccc2I)c1O. The number of methoxy groups -OCH3 is 1. The molecule has 0 fully saturated rings. The van der Waals surface area contributed by atoms with Crippen LogP contribution in [0.5, 0.6) is 5.75 Å². The molecule has 1 aromatic heterocycles. The minimum absolute atomic E-state index is 0.109. The number of pyridine rings is 1.